The van der Waals surface area contributed by atoms with Crippen molar-refractivity contribution in [1.29, 1.82) is 0 Å². The smallest absolute Gasteiger partial charge is 0.258 e. The Labute approximate surface area is 135 Å². The Balaban J connectivity index is 1.93. The van der Waals surface area contributed by atoms with E-state index in [2.05, 4.69) is 13.0 Å². The molecule has 3 nitrogen and oxygen atoms in total. The van der Waals surface area contributed by atoms with Gasteiger partial charge in [0.1, 0.15) is 5.75 Å². The van der Waals surface area contributed by atoms with E-state index in [1.165, 1.54) is 5.56 Å². The number of ether oxygens (including phenoxy) is 1. The number of hydrogen-bond donors (Lipinski definition) is 0. The van der Waals surface area contributed by atoms with E-state index in [1.807, 2.05) is 30.0 Å². The summed E-state index contributed by atoms with van der Waals surface area (Å²) in [6, 6.07) is 13.4. The Morgan fingerprint density at radius 2 is 2.09 bits per heavy atom. The van der Waals surface area contributed by atoms with E-state index in [4.69, 9.17) is 16.3 Å². The van der Waals surface area contributed by atoms with Gasteiger partial charge in [-0.15, -0.1) is 0 Å². The first-order valence-electron chi connectivity index (χ1n) is 7.45. The molecule has 114 valence electrons. The molecule has 2 aromatic rings. The highest BCUT2D eigenvalue weighted by molar-refractivity contribution is 6.32. The van der Waals surface area contributed by atoms with Gasteiger partial charge in [0.15, 0.2) is 0 Å². The summed E-state index contributed by atoms with van der Waals surface area (Å²) in [7, 11) is 0. The first kappa shape index (κ1) is 14.9. The van der Waals surface area contributed by atoms with Gasteiger partial charge in [0, 0.05) is 17.3 Å². The molecule has 1 atom stereocenters. The number of carbonyl (C=O) groups is 1. The lowest BCUT2D eigenvalue weighted by Gasteiger charge is -2.23. The van der Waals surface area contributed by atoms with E-state index in [1.54, 1.807) is 18.2 Å². The molecule has 2 aromatic carbocycles. The molecule has 1 aliphatic heterocycles. The summed E-state index contributed by atoms with van der Waals surface area (Å²) in [4.78, 5) is 14.7. The van der Waals surface area contributed by atoms with Crippen LogP contribution < -0.4 is 9.64 Å². The number of para-hydroxylation sites is 1. The molecule has 0 aliphatic carbocycles. The van der Waals surface area contributed by atoms with E-state index >= 15 is 0 Å². The highest BCUT2D eigenvalue weighted by Gasteiger charge is 2.31. The number of rotatable bonds is 3. The largest absolute Gasteiger partial charge is 0.492 e. The van der Waals surface area contributed by atoms with Crippen LogP contribution in [0.25, 0.3) is 0 Å². The summed E-state index contributed by atoms with van der Waals surface area (Å²) in [5, 5.41) is 0.466. The van der Waals surface area contributed by atoms with Crippen molar-refractivity contribution in [3.8, 4) is 5.75 Å². The van der Waals surface area contributed by atoms with Gasteiger partial charge >= 0.3 is 0 Å². The van der Waals surface area contributed by atoms with Gasteiger partial charge in [0.25, 0.3) is 5.91 Å². The van der Waals surface area contributed by atoms with E-state index in [-0.39, 0.29) is 11.9 Å². The van der Waals surface area contributed by atoms with E-state index in [9.17, 15) is 4.79 Å². The number of halogens is 1. The van der Waals surface area contributed by atoms with Gasteiger partial charge in [-0.2, -0.15) is 0 Å². The van der Waals surface area contributed by atoms with Crippen LogP contribution in [0.15, 0.2) is 42.5 Å². The van der Waals surface area contributed by atoms with E-state index in [0.717, 1.165) is 12.1 Å². The van der Waals surface area contributed by atoms with Crippen LogP contribution in [0.1, 0.15) is 29.8 Å². The minimum atomic E-state index is -0.0256. The van der Waals surface area contributed by atoms with E-state index < -0.39 is 0 Å². The van der Waals surface area contributed by atoms with Crippen LogP contribution in [0, 0.1) is 0 Å². The van der Waals surface area contributed by atoms with Crippen molar-refractivity contribution < 1.29 is 9.53 Å². The molecular formula is C18H18ClNO2. The lowest BCUT2D eigenvalue weighted by Crippen LogP contribution is -2.35. The fourth-order valence-corrected chi connectivity index (χ4v) is 3.16. The third-order valence-corrected chi connectivity index (χ3v) is 4.20. The van der Waals surface area contributed by atoms with Gasteiger partial charge in [0.2, 0.25) is 0 Å². The monoisotopic (exact) mass is 315 g/mol. The van der Waals surface area contributed by atoms with Crippen LogP contribution in [-0.4, -0.2) is 18.6 Å². The van der Waals surface area contributed by atoms with Gasteiger partial charge in [-0.1, -0.05) is 29.8 Å². The normalized spacial score (nSPS) is 16.5. The molecule has 0 N–H and O–H groups in total. The Hall–Kier alpha value is -2.00. The van der Waals surface area contributed by atoms with Crippen molar-refractivity contribution in [1.82, 2.24) is 0 Å². The Morgan fingerprint density at radius 1 is 1.32 bits per heavy atom. The number of anilines is 1. The quantitative estimate of drug-likeness (QED) is 0.843. The fourth-order valence-electron chi connectivity index (χ4n) is 2.92. The average molecular weight is 316 g/mol. The molecule has 0 fully saturated rings. The maximum absolute atomic E-state index is 12.9. The topological polar surface area (TPSA) is 29.5 Å². The third kappa shape index (κ3) is 2.57. The summed E-state index contributed by atoms with van der Waals surface area (Å²) in [6.45, 7) is 4.51. The van der Waals surface area contributed by atoms with Gasteiger partial charge in [-0.25, -0.2) is 0 Å². The maximum atomic E-state index is 12.9. The Morgan fingerprint density at radius 3 is 2.82 bits per heavy atom. The highest BCUT2D eigenvalue weighted by Crippen LogP contribution is 2.34. The second-order valence-electron chi connectivity index (χ2n) is 5.44. The van der Waals surface area contributed by atoms with Crippen LogP contribution >= 0.6 is 11.6 Å². The summed E-state index contributed by atoms with van der Waals surface area (Å²) in [5.74, 6) is 0.581. The first-order chi connectivity index (χ1) is 10.6. The van der Waals surface area contributed by atoms with Crippen molar-refractivity contribution in [2.24, 2.45) is 0 Å². The molecule has 0 aromatic heterocycles. The molecule has 4 heteroatoms. The average Bonchev–Trinajstić information content (AvgIpc) is 2.84. The summed E-state index contributed by atoms with van der Waals surface area (Å²) in [5.41, 5.74) is 2.78. The van der Waals surface area contributed by atoms with Crippen molar-refractivity contribution in [2.75, 3.05) is 11.5 Å². The second-order valence-corrected chi connectivity index (χ2v) is 5.84. The first-order valence-corrected chi connectivity index (χ1v) is 7.83. The molecule has 1 unspecified atom stereocenters. The molecule has 0 spiro atoms. The third-order valence-electron chi connectivity index (χ3n) is 3.90. The van der Waals surface area contributed by atoms with E-state index in [0.29, 0.717) is 22.9 Å². The van der Waals surface area contributed by atoms with Gasteiger partial charge in [-0.3, -0.25) is 4.79 Å². The van der Waals surface area contributed by atoms with Gasteiger partial charge in [0.05, 0.1) is 11.6 Å². The van der Waals surface area contributed by atoms with Crippen LogP contribution in [0.5, 0.6) is 5.75 Å². The van der Waals surface area contributed by atoms with Crippen LogP contribution in [0.4, 0.5) is 5.69 Å². The number of fused-ring (bicyclic) bond motifs is 1. The Kier molecular flexibility index (Phi) is 4.08. The zero-order valence-electron chi connectivity index (χ0n) is 12.7. The SMILES string of the molecule is CCOc1ccc(C(=O)N2c3ccccc3CC2C)cc1Cl. The zero-order valence-corrected chi connectivity index (χ0v) is 13.4. The van der Waals surface area contributed by atoms with Crippen molar-refractivity contribution in [2.45, 2.75) is 26.3 Å². The lowest BCUT2D eigenvalue weighted by molar-refractivity contribution is 0.0981. The van der Waals surface area contributed by atoms with Gasteiger partial charge < -0.3 is 9.64 Å². The van der Waals surface area contributed by atoms with Crippen LogP contribution in [0.3, 0.4) is 0 Å². The second kappa shape index (κ2) is 6.01. The Bertz CT molecular complexity index is 714. The summed E-state index contributed by atoms with van der Waals surface area (Å²) >= 11 is 6.20. The molecule has 22 heavy (non-hydrogen) atoms. The molecule has 1 amide bonds. The number of carbonyl (C=O) groups excluding carboxylic acids is 1. The minimum Gasteiger partial charge on any atom is -0.492 e. The molecule has 0 bridgehead atoms. The number of benzene rings is 2. The standard InChI is InChI=1S/C18H18ClNO2/c1-3-22-17-9-8-14(11-15(17)19)18(21)20-12(2)10-13-6-4-5-7-16(13)20/h4-9,11-12H,3,10H2,1-2H3. The lowest BCUT2D eigenvalue weighted by atomic mass is 10.1. The predicted molar refractivity (Wildman–Crippen MR) is 89.0 cm³/mol. The van der Waals surface area contributed by atoms with Crippen molar-refractivity contribution in [3.63, 3.8) is 0 Å². The summed E-state index contributed by atoms with van der Waals surface area (Å²) in [6.07, 6.45) is 0.882. The fraction of sp³-hybridized carbons (Fsp3) is 0.278. The zero-order chi connectivity index (χ0) is 15.7. The molecule has 0 saturated carbocycles. The molecule has 3 rings (SSSR count). The molecule has 1 heterocycles. The molecule has 0 saturated heterocycles. The number of amides is 1. The molecule has 0 radical (unpaired) electrons. The number of nitrogens with zero attached hydrogens (tertiary/aromatic N) is 1. The predicted octanol–water partition coefficient (Wildman–Crippen LogP) is 4.33. The highest BCUT2D eigenvalue weighted by atomic mass is 35.5. The molecule has 1 aliphatic rings. The van der Waals surface area contributed by atoms with Crippen LogP contribution in [0.2, 0.25) is 5.02 Å². The van der Waals surface area contributed by atoms with Crippen molar-refractivity contribution >= 4 is 23.2 Å². The maximum Gasteiger partial charge on any atom is 0.258 e. The van der Waals surface area contributed by atoms with Gasteiger partial charge in [-0.05, 0) is 50.1 Å². The van der Waals surface area contributed by atoms with Crippen molar-refractivity contribution in [3.05, 3.63) is 58.6 Å². The van der Waals surface area contributed by atoms with Crippen LogP contribution in [-0.2, 0) is 6.42 Å². The minimum absolute atomic E-state index is 0.0256. The molecular weight excluding hydrogens is 298 g/mol. The number of hydrogen-bond acceptors (Lipinski definition) is 2. The summed E-state index contributed by atoms with van der Waals surface area (Å²) < 4.78 is 5.42.